The van der Waals surface area contributed by atoms with Gasteiger partial charge in [0.25, 0.3) is 0 Å². The summed E-state index contributed by atoms with van der Waals surface area (Å²) in [6, 6.07) is 13.3. The molecule has 4 nitrogen and oxygen atoms in total. The normalized spacial score (nSPS) is 15.1. The first-order valence-corrected chi connectivity index (χ1v) is 9.08. The Morgan fingerprint density at radius 3 is 2.30 bits per heavy atom. The van der Waals surface area contributed by atoms with Gasteiger partial charge in [-0.05, 0) is 67.7 Å². The number of benzene rings is 2. The fraction of sp³-hybridized carbons (Fsp3) is 0.273. The molecule has 2 N–H and O–H groups in total. The minimum absolute atomic E-state index is 0.0745. The van der Waals surface area contributed by atoms with E-state index in [0.29, 0.717) is 0 Å². The number of nitrogens with one attached hydrogen (secondary N) is 2. The first-order valence-electron chi connectivity index (χ1n) is 9.08. The number of allylic oxidation sites excluding steroid dienone is 1. The van der Waals surface area contributed by atoms with Crippen LogP contribution in [0.15, 0.2) is 54.6 Å². The molecule has 0 radical (unpaired) electrons. The van der Waals surface area contributed by atoms with Crippen molar-refractivity contribution in [3.05, 3.63) is 71.6 Å². The van der Waals surface area contributed by atoms with Gasteiger partial charge in [-0.1, -0.05) is 24.3 Å². The number of anilines is 1. The highest BCUT2D eigenvalue weighted by Gasteiger charge is 2.29. The Labute approximate surface area is 158 Å². The lowest BCUT2D eigenvalue weighted by Crippen LogP contribution is -2.25. The molecular formula is C22H23FN2O2. The highest BCUT2D eigenvalue weighted by atomic mass is 19.1. The van der Waals surface area contributed by atoms with Crippen LogP contribution in [0.2, 0.25) is 0 Å². The number of hydrogen-bond acceptors (Lipinski definition) is 2. The van der Waals surface area contributed by atoms with Crippen LogP contribution in [-0.4, -0.2) is 11.8 Å². The van der Waals surface area contributed by atoms with Gasteiger partial charge in [0.15, 0.2) is 0 Å². The Kier molecular flexibility index (Phi) is 5.69. The Balaban J connectivity index is 1.57. The van der Waals surface area contributed by atoms with Gasteiger partial charge in [-0.3, -0.25) is 9.59 Å². The summed E-state index contributed by atoms with van der Waals surface area (Å²) in [6.45, 7) is 3.71. The molecule has 0 saturated heterocycles. The number of hydrogen-bond donors (Lipinski definition) is 2. The summed E-state index contributed by atoms with van der Waals surface area (Å²) < 4.78 is 13.0. The monoisotopic (exact) mass is 366 g/mol. The van der Waals surface area contributed by atoms with Crippen LogP contribution < -0.4 is 10.6 Å². The third kappa shape index (κ3) is 5.26. The highest BCUT2D eigenvalue weighted by molar-refractivity contribution is 5.95. The predicted octanol–water partition coefficient (Wildman–Crippen LogP) is 4.45. The molecule has 2 amide bonds. The van der Waals surface area contributed by atoms with Crippen molar-refractivity contribution in [1.82, 2.24) is 5.32 Å². The zero-order valence-electron chi connectivity index (χ0n) is 15.5. The fourth-order valence-corrected chi connectivity index (χ4v) is 2.78. The molecule has 2 aromatic rings. The zero-order chi connectivity index (χ0) is 19.4. The average molecular weight is 366 g/mol. The maximum Gasteiger partial charge on any atom is 0.244 e. The van der Waals surface area contributed by atoms with Crippen LogP contribution in [0.4, 0.5) is 10.1 Å². The van der Waals surface area contributed by atoms with Crippen molar-refractivity contribution in [1.29, 1.82) is 0 Å². The van der Waals surface area contributed by atoms with E-state index in [0.717, 1.165) is 35.2 Å². The molecule has 0 aromatic heterocycles. The molecular weight excluding hydrogens is 343 g/mol. The van der Waals surface area contributed by atoms with Gasteiger partial charge >= 0.3 is 0 Å². The lowest BCUT2D eigenvalue weighted by molar-refractivity contribution is -0.118. The molecule has 1 fully saturated rings. The van der Waals surface area contributed by atoms with Crippen molar-refractivity contribution in [2.24, 2.45) is 5.92 Å². The van der Waals surface area contributed by atoms with Crippen molar-refractivity contribution >= 4 is 23.1 Å². The summed E-state index contributed by atoms with van der Waals surface area (Å²) in [7, 11) is 0. The van der Waals surface area contributed by atoms with E-state index in [1.54, 1.807) is 12.1 Å². The van der Waals surface area contributed by atoms with Crippen molar-refractivity contribution in [2.45, 2.75) is 32.7 Å². The van der Waals surface area contributed by atoms with Gasteiger partial charge in [-0.25, -0.2) is 4.39 Å². The van der Waals surface area contributed by atoms with Gasteiger partial charge in [0.2, 0.25) is 11.8 Å². The molecule has 0 bridgehead atoms. The first-order chi connectivity index (χ1) is 12.9. The van der Waals surface area contributed by atoms with E-state index in [4.69, 9.17) is 0 Å². The standard InChI is InChI=1S/C22H23FN2O2/c1-14(16-5-9-19(23)10-6-16)13-21(26)24-15(2)17-7-11-20(12-8-17)25-22(27)18-3-4-18/h5-13,15,18H,3-4H2,1-2H3,(H,24,26)(H,25,27)/b14-13-. The van der Waals surface area contributed by atoms with Gasteiger partial charge < -0.3 is 10.6 Å². The number of carbonyl (C=O) groups is 2. The zero-order valence-corrected chi connectivity index (χ0v) is 15.5. The second-order valence-corrected chi connectivity index (χ2v) is 6.95. The van der Waals surface area contributed by atoms with E-state index in [9.17, 15) is 14.0 Å². The van der Waals surface area contributed by atoms with E-state index >= 15 is 0 Å². The minimum atomic E-state index is -0.304. The quantitative estimate of drug-likeness (QED) is 0.742. The third-order valence-corrected chi connectivity index (χ3v) is 4.63. The van der Waals surface area contributed by atoms with Crippen LogP contribution in [0, 0.1) is 11.7 Å². The largest absolute Gasteiger partial charge is 0.346 e. The lowest BCUT2D eigenvalue weighted by atomic mass is 10.1. The molecule has 1 aliphatic carbocycles. The van der Waals surface area contributed by atoms with E-state index in [2.05, 4.69) is 10.6 Å². The smallest absolute Gasteiger partial charge is 0.244 e. The molecule has 5 heteroatoms. The molecule has 3 rings (SSSR count). The van der Waals surface area contributed by atoms with E-state index in [1.807, 2.05) is 38.1 Å². The second kappa shape index (κ2) is 8.16. The van der Waals surface area contributed by atoms with Crippen molar-refractivity contribution in [3.63, 3.8) is 0 Å². The van der Waals surface area contributed by atoms with E-state index < -0.39 is 0 Å². The molecule has 0 heterocycles. The summed E-state index contributed by atoms with van der Waals surface area (Å²) in [5.74, 6) is -0.277. The summed E-state index contributed by atoms with van der Waals surface area (Å²) in [5, 5.41) is 5.82. The van der Waals surface area contributed by atoms with Gasteiger partial charge in [-0.15, -0.1) is 0 Å². The SMILES string of the molecule is C/C(=C/C(=O)NC(C)c1ccc(NC(=O)C2CC2)cc1)c1ccc(F)cc1. The van der Waals surface area contributed by atoms with E-state index in [-0.39, 0.29) is 29.6 Å². The Morgan fingerprint density at radius 1 is 1.07 bits per heavy atom. The molecule has 1 aliphatic rings. The van der Waals surface area contributed by atoms with Crippen molar-refractivity contribution in [3.8, 4) is 0 Å². The van der Waals surface area contributed by atoms with Crippen LogP contribution in [0.3, 0.4) is 0 Å². The summed E-state index contributed by atoms with van der Waals surface area (Å²) in [5.41, 5.74) is 3.27. The topological polar surface area (TPSA) is 58.2 Å². The lowest BCUT2D eigenvalue weighted by Gasteiger charge is -2.14. The Hall–Kier alpha value is -2.95. The summed E-state index contributed by atoms with van der Waals surface area (Å²) in [6.07, 6.45) is 3.45. The first kappa shape index (κ1) is 18.8. The molecule has 140 valence electrons. The van der Waals surface area contributed by atoms with Crippen molar-refractivity contribution in [2.75, 3.05) is 5.32 Å². The fourth-order valence-electron chi connectivity index (χ4n) is 2.78. The van der Waals surface area contributed by atoms with Crippen LogP contribution in [0.1, 0.15) is 43.9 Å². The summed E-state index contributed by atoms with van der Waals surface area (Å²) >= 11 is 0. The van der Waals surface area contributed by atoms with Gasteiger partial charge in [0.1, 0.15) is 5.82 Å². The molecule has 27 heavy (non-hydrogen) atoms. The number of carbonyl (C=O) groups excluding carboxylic acids is 2. The van der Waals surface area contributed by atoms with Gasteiger partial charge in [0.05, 0.1) is 6.04 Å². The average Bonchev–Trinajstić information content (AvgIpc) is 3.48. The van der Waals surface area contributed by atoms with Crippen LogP contribution in [-0.2, 0) is 9.59 Å². The molecule has 1 atom stereocenters. The van der Waals surface area contributed by atoms with Crippen molar-refractivity contribution < 1.29 is 14.0 Å². The van der Waals surface area contributed by atoms with E-state index in [1.165, 1.54) is 18.2 Å². The second-order valence-electron chi connectivity index (χ2n) is 6.95. The minimum Gasteiger partial charge on any atom is -0.346 e. The van der Waals surface area contributed by atoms with Crippen LogP contribution >= 0.6 is 0 Å². The molecule has 2 aromatic carbocycles. The van der Waals surface area contributed by atoms with Crippen LogP contribution in [0.25, 0.3) is 5.57 Å². The van der Waals surface area contributed by atoms with Gasteiger partial charge in [0, 0.05) is 17.7 Å². The third-order valence-electron chi connectivity index (χ3n) is 4.63. The number of halogens is 1. The molecule has 0 aliphatic heterocycles. The number of rotatable bonds is 6. The highest BCUT2D eigenvalue weighted by Crippen LogP contribution is 2.30. The van der Waals surface area contributed by atoms with Gasteiger partial charge in [-0.2, -0.15) is 0 Å². The maximum atomic E-state index is 13.0. The maximum absolute atomic E-state index is 13.0. The molecule has 1 saturated carbocycles. The Morgan fingerprint density at radius 2 is 1.70 bits per heavy atom. The van der Waals surface area contributed by atoms with Crippen LogP contribution in [0.5, 0.6) is 0 Å². The molecule has 1 unspecified atom stereocenters. The molecule has 0 spiro atoms. The number of amides is 2. The Bertz CT molecular complexity index is 853. The summed E-state index contributed by atoms with van der Waals surface area (Å²) in [4.78, 5) is 24.0. The predicted molar refractivity (Wildman–Crippen MR) is 104 cm³/mol.